The Balaban J connectivity index is 1.66. The van der Waals surface area contributed by atoms with Crippen LogP contribution >= 0.6 is 0 Å². The van der Waals surface area contributed by atoms with Crippen molar-refractivity contribution in [2.45, 2.75) is 20.4 Å². The molecule has 1 N–H and O–H groups in total. The minimum absolute atomic E-state index is 0.329. The maximum atomic E-state index is 5.26. The molecule has 0 unspecified atom stereocenters. The highest BCUT2D eigenvalue weighted by atomic mass is 16.5. The number of rotatable bonds is 4. The Morgan fingerprint density at radius 2 is 2.11 bits per heavy atom. The lowest BCUT2D eigenvalue weighted by Crippen LogP contribution is -2.47. The molecule has 3 rings (SSSR count). The fourth-order valence-corrected chi connectivity index (χ4v) is 2.45. The average Bonchev–Trinajstić information content (AvgIpc) is 2.37. The maximum absolute atomic E-state index is 5.26. The van der Waals surface area contributed by atoms with Crippen LogP contribution in [-0.4, -0.2) is 24.7 Å². The molecule has 3 nitrogen and oxygen atoms in total. The standard InChI is InChI=1S/C16H20N2O/c1-12-3-5-14-7-13(4-6-15(14)18-12)8-17-9-16(2)10-19-11-16/h3-7,17H,8-11H2,1-2H3. The molecule has 1 aliphatic rings. The zero-order chi connectivity index (χ0) is 13.3. The van der Waals surface area contributed by atoms with Crippen LogP contribution in [0.25, 0.3) is 10.9 Å². The highest BCUT2D eigenvalue weighted by molar-refractivity contribution is 5.79. The van der Waals surface area contributed by atoms with E-state index >= 15 is 0 Å². The molecule has 0 spiro atoms. The van der Waals surface area contributed by atoms with Gasteiger partial charge >= 0.3 is 0 Å². The third-order valence-electron chi connectivity index (χ3n) is 3.67. The summed E-state index contributed by atoms with van der Waals surface area (Å²) in [5.41, 5.74) is 3.77. The summed E-state index contributed by atoms with van der Waals surface area (Å²) in [4.78, 5) is 4.52. The molecule has 3 heteroatoms. The van der Waals surface area contributed by atoms with Gasteiger partial charge in [0, 0.05) is 29.6 Å². The summed E-state index contributed by atoms with van der Waals surface area (Å²) in [6, 6.07) is 10.7. The van der Waals surface area contributed by atoms with E-state index in [1.807, 2.05) is 6.92 Å². The summed E-state index contributed by atoms with van der Waals surface area (Å²) < 4.78 is 5.26. The van der Waals surface area contributed by atoms with Crippen molar-refractivity contribution in [3.63, 3.8) is 0 Å². The van der Waals surface area contributed by atoms with E-state index in [4.69, 9.17) is 4.74 Å². The van der Waals surface area contributed by atoms with Crippen LogP contribution in [0.15, 0.2) is 30.3 Å². The Kier molecular flexibility index (Phi) is 3.25. The SMILES string of the molecule is Cc1ccc2cc(CNCC3(C)COC3)ccc2n1. The van der Waals surface area contributed by atoms with Crippen molar-refractivity contribution < 1.29 is 4.74 Å². The molecular formula is C16H20N2O. The normalized spacial score (nSPS) is 17.4. The third-order valence-corrected chi connectivity index (χ3v) is 3.67. The molecule has 1 fully saturated rings. The number of hydrogen-bond acceptors (Lipinski definition) is 3. The van der Waals surface area contributed by atoms with Gasteiger partial charge in [0.25, 0.3) is 0 Å². The van der Waals surface area contributed by atoms with Gasteiger partial charge in [-0.15, -0.1) is 0 Å². The van der Waals surface area contributed by atoms with Crippen molar-refractivity contribution in [2.75, 3.05) is 19.8 Å². The molecule has 2 aromatic rings. The van der Waals surface area contributed by atoms with Crippen LogP contribution in [0.1, 0.15) is 18.2 Å². The average molecular weight is 256 g/mol. The van der Waals surface area contributed by atoms with Crippen LogP contribution < -0.4 is 5.32 Å². The number of aromatic nitrogens is 1. The van der Waals surface area contributed by atoms with E-state index in [9.17, 15) is 0 Å². The monoisotopic (exact) mass is 256 g/mol. The van der Waals surface area contributed by atoms with Crippen LogP contribution in [-0.2, 0) is 11.3 Å². The Bertz CT molecular complexity index is 590. The molecule has 0 radical (unpaired) electrons. The summed E-state index contributed by atoms with van der Waals surface area (Å²) in [7, 11) is 0. The van der Waals surface area contributed by atoms with Gasteiger partial charge in [-0.1, -0.05) is 19.1 Å². The minimum Gasteiger partial charge on any atom is -0.380 e. The Morgan fingerprint density at radius 3 is 2.84 bits per heavy atom. The van der Waals surface area contributed by atoms with E-state index in [2.05, 4.69) is 47.6 Å². The number of ether oxygens (including phenoxy) is 1. The van der Waals surface area contributed by atoms with Crippen molar-refractivity contribution in [1.29, 1.82) is 0 Å². The Morgan fingerprint density at radius 1 is 1.26 bits per heavy atom. The molecule has 100 valence electrons. The zero-order valence-corrected chi connectivity index (χ0v) is 11.6. The zero-order valence-electron chi connectivity index (χ0n) is 11.6. The molecule has 2 heterocycles. The van der Waals surface area contributed by atoms with Crippen LogP contribution in [0.4, 0.5) is 0 Å². The van der Waals surface area contributed by atoms with Gasteiger partial charge in [-0.3, -0.25) is 4.98 Å². The number of fused-ring (bicyclic) bond motifs is 1. The van der Waals surface area contributed by atoms with Gasteiger partial charge in [0.05, 0.1) is 18.7 Å². The minimum atomic E-state index is 0.329. The van der Waals surface area contributed by atoms with E-state index in [-0.39, 0.29) is 0 Å². The van der Waals surface area contributed by atoms with Crippen molar-refractivity contribution >= 4 is 10.9 Å². The number of benzene rings is 1. The summed E-state index contributed by atoms with van der Waals surface area (Å²) in [6.07, 6.45) is 0. The van der Waals surface area contributed by atoms with E-state index in [0.717, 1.165) is 37.5 Å². The maximum Gasteiger partial charge on any atom is 0.0705 e. The van der Waals surface area contributed by atoms with E-state index in [0.29, 0.717) is 5.41 Å². The topological polar surface area (TPSA) is 34.1 Å². The van der Waals surface area contributed by atoms with Crippen molar-refractivity contribution in [3.8, 4) is 0 Å². The van der Waals surface area contributed by atoms with Gasteiger partial charge < -0.3 is 10.1 Å². The summed E-state index contributed by atoms with van der Waals surface area (Å²) in [6.45, 7) is 7.95. The highest BCUT2D eigenvalue weighted by Gasteiger charge is 2.32. The summed E-state index contributed by atoms with van der Waals surface area (Å²) in [5.74, 6) is 0. The molecular weight excluding hydrogens is 236 g/mol. The molecule has 1 saturated heterocycles. The number of hydrogen-bond donors (Lipinski definition) is 1. The molecule has 1 aromatic carbocycles. The first kappa shape index (κ1) is 12.6. The van der Waals surface area contributed by atoms with Gasteiger partial charge in [0.2, 0.25) is 0 Å². The molecule has 0 saturated carbocycles. The third kappa shape index (κ3) is 2.77. The molecule has 0 aliphatic carbocycles. The molecule has 19 heavy (non-hydrogen) atoms. The molecule has 1 aliphatic heterocycles. The van der Waals surface area contributed by atoms with Crippen LogP contribution in [0.2, 0.25) is 0 Å². The first-order chi connectivity index (χ1) is 9.15. The summed E-state index contributed by atoms with van der Waals surface area (Å²) in [5, 5.41) is 4.73. The van der Waals surface area contributed by atoms with Gasteiger partial charge in [0.1, 0.15) is 0 Å². The lowest BCUT2D eigenvalue weighted by atomic mass is 9.89. The Hall–Kier alpha value is -1.45. The fourth-order valence-electron chi connectivity index (χ4n) is 2.45. The van der Waals surface area contributed by atoms with Crippen LogP contribution in [0.3, 0.4) is 0 Å². The second-order valence-corrected chi connectivity index (χ2v) is 5.89. The predicted molar refractivity (Wildman–Crippen MR) is 77.1 cm³/mol. The largest absolute Gasteiger partial charge is 0.380 e. The van der Waals surface area contributed by atoms with Gasteiger partial charge in [-0.2, -0.15) is 0 Å². The van der Waals surface area contributed by atoms with Crippen molar-refractivity contribution in [2.24, 2.45) is 5.41 Å². The fraction of sp³-hybridized carbons (Fsp3) is 0.438. The molecule has 0 amide bonds. The molecule has 1 aromatic heterocycles. The van der Waals surface area contributed by atoms with E-state index < -0.39 is 0 Å². The number of pyridine rings is 1. The van der Waals surface area contributed by atoms with Crippen molar-refractivity contribution in [1.82, 2.24) is 10.3 Å². The van der Waals surface area contributed by atoms with Crippen LogP contribution in [0.5, 0.6) is 0 Å². The summed E-state index contributed by atoms with van der Waals surface area (Å²) >= 11 is 0. The number of nitrogens with one attached hydrogen (secondary N) is 1. The second-order valence-electron chi connectivity index (χ2n) is 5.89. The quantitative estimate of drug-likeness (QED) is 0.913. The van der Waals surface area contributed by atoms with Gasteiger partial charge in [0.15, 0.2) is 0 Å². The van der Waals surface area contributed by atoms with Gasteiger partial charge in [-0.25, -0.2) is 0 Å². The van der Waals surface area contributed by atoms with Crippen molar-refractivity contribution in [3.05, 3.63) is 41.6 Å². The van der Waals surface area contributed by atoms with Gasteiger partial charge in [-0.05, 0) is 30.7 Å². The predicted octanol–water partition coefficient (Wildman–Crippen LogP) is 2.67. The first-order valence-corrected chi connectivity index (χ1v) is 6.79. The number of nitrogens with zero attached hydrogens (tertiary/aromatic N) is 1. The number of aryl methyl sites for hydroxylation is 1. The lowest BCUT2D eigenvalue weighted by Gasteiger charge is -2.38. The van der Waals surface area contributed by atoms with E-state index in [1.165, 1.54) is 10.9 Å². The second kappa shape index (κ2) is 4.91. The van der Waals surface area contributed by atoms with E-state index in [1.54, 1.807) is 0 Å². The smallest absolute Gasteiger partial charge is 0.0705 e. The first-order valence-electron chi connectivity index (χ1n) is 6.79. The lowest BCUT2D eigenvalue weighted by molar-refractivity contribution is -0.0991. The van der Waals surface area contributed by atoms with Crippen LogP contribution in [0, 0.1) is 12.3 Å². The molecule has 0 bridgehead atoms. The highest BCUT2D eigenvalue weighted by Crippen LogP contribution is 2.25. The molecule has 0 atom stereocenters. The Labute approximate surface area is 114 Å².